The van der Waals surface area contributed by atoms with Gasteiger partial charge >= 0.3 is 5.97 Å². The molecule has 0 unspecified atom stereocenters. The molecule has 0 bridgehead atoms. The van der Waals surface area contributed by atoms with Crippen molar-refractivity contribution in [3.63, 3.8) is 0 Å². The Morgan fingerprint density at radius 3 is 2.45 bits per heavy atom. The number of nitriles is 1. The number of aryl methyl sites for hydroxylation is 1. The number of hydrogen-bond acceptors (Lipinski definition) is 3. The van der Waals surface area contributed by atoms with Crippen LogP contribution < -0.4 is 0 Å². The van der Waals surface area contributed by atoms with E-state index in [1.807, 2.05) is 37.3 Å². The smallest absolute Gasteiger partial charge is 0.310 e. The molecule has 0 aromatic heterocycles. The fourth-order valence-electron chi connectivity index (χ4n) is 1.93. The summed E-state index contributed by atoms with van der Waals surface area (Å²) in [4.78, 5) is 11.8. The monoisotopic (exact) mass is 265 g/mol. The van der Waals surface area contributed by atoms with E-state index in [0.717, 1.165) is 16.7 Å². The Hall–Kier alpha value is -2.60. The van der Waals surface area contributed by atoms with Crippen LogP contribution in [0.3, 0.4) is 0 Å². The molecule has 100 valence electrons. The molecule has 0 saturated heterocycles. The second-order valence-corrected chi connectivity index (χ2v) is 4.53. The minimum Gasteiger partial charge on any atom is -0.461 e. The SMILES string of the molecule is Cc1ccccc1CC(=O)OCc1ccccc1C#N. The van der Waals surface area contributed by atoms with E-state index in [1.165, 1.54) is 0 Å². The van der Waals surface area contributed by atoms with Gasteiger partial charge in [-0.15, -0.1) is 0 Å². The van der Waals surface area contributed by atoms with Gasteiger partial charge in [0.25, 0.3) is 0 Å². The van der Waals surface area contributed by atoms with E-state index in [4.69, 9.17) is 10.00 Å². The highest BCUT2D eigenvalue weighted by atomic mass is 16.5. The van der Waals surface area contributed by atoms with Crippen LogP contribution in [-0.2, 0) is 22.6 Å². The molecule has 3 nitrogen and oxygen atoms in total. The summed E-state index contributed by atoms with van der Waals surface area (Å²) in [6, 6.07) is 16.9. The van der Waals surface area contributed by atoms with Crippen molar-refractivity contribution in [2.24, 2.45) is 0 Å². The van der Waals surface area contributed by atoms with Gasteiger partial charge in [0.15, 0.2) is 0 Å². The van der Waals surface area contributed by atoms with E-state index in [-0.39, 0.29) is 19.0 Å². The summed E-state index contributed by atoms with van der Waals surface area (Å²) >= 11 is 0. The summed E-state index contributed by atoms with van der Waals surface area (Å²) in [5, 5.41) is 8.96. The van der Waals surface area contributed by atoms with Crippen molar-refractivity contribution >= 4 is 5.97 Å². The number of carbonyl (C=O) groups excluding carboxylic acids is 1. The largest absolute Gasteiger partial charge is 0.461 e. The number of nitrogens with zero attached hydrogens (tertiary/aromatic N) is 1. The minimum absolute atomic E-state index is 0.133. The maximum Gasteiger partial charge on any atom is 0.310 e. The van der Waals surface area contributed by atoms with Crippen molar-refractivity contribution in [2.45, 2.75) is 20.0 Å². The van der Waals surface area contributed by atoms with Crippen LogP contribution in [0.1, 0.15) is 22.3 Å². The van der Waals surface area contributed by atoms with Crippen molar-refractivity contribution < 1.29 is 9.53 Å². The van der Waals surface area contributed by atoms with Crippen LogP contribution in [0, 0.1) is 18.3 Å². The molecule has 20 heavy (non-hydrogen) atoms. The van der Waals surface area contributed by atoms with Crippen molar-refractivity contribution in [3.8, 4) is 6.07 Å². The van der Waals surface area contributed by atoms with E-state index < -0.39 is 0 Å². The van der Waals surface area contributed by atoms with E-state index >= 15 is 0 Å². The lowest BCUT2D eigenvalue weighted by Gasteiger charge is -2.07. The number of esters is 1. The average Bonchev–Trinajstić information content (AvgIpc) is 2.48. The molecule has 0 aliphatic heterocycles. The quantitative estimate of drug-likeness (QED) is 0.798. The van der Waals surface area contributed by atoms with E-state index in [0.29, 0.717) is 5.56 Å². The van der Waals surface area contributed by atoms with Gasteiger partial charge in [0.1, 0.15) is 6.61 Å². The Balaban J connectivity index is 1.96. The molecule has 2 aromatic rings. The second-order valence-electron chi connectivity index (χ2n) is 4.53. The van der Waals surface area contributed by atoms with Gasteiger partial charge in [0, 0.05) is 5.56 Å². The minimum atomic E-state index is -0.285. The van der Waals surface area contributed by atoms with Crippen LogP contribution in [0.15, 0.2) is 48.5 Å². The van der Waals surface area contributed by atoms with Crippen LogP contribution in [0.2, 0.25) is 0 Å². The summed E-state index contributed by atoms with van der Waals surface area (Å²) in [5.74, 6) is -0.285. The third-order valence-electron chi connectivity index (χ3n) is 3.12. The maximum atomic E-state index is 11.8. The van der Waals surface area contributed by atoms with Gasteiger partial charge < -0.3 is 4.74 Å². The first-order valence-electron chi connectivity index (χ1n) is 6.39. The lowest BCUT2D eigenvalue weighted by atomic mass is 10.1. The van der Waals surface area contributed by atoms with Crippen LogP contribution in [0.5, 0.6) is 0 Å². The van der Waals surface area contributed by atoms with Gasteiger partial charge in [-0.3, -0.25) is 4.79 Å². The predicted octanol–water partition coefficient (Wildman–Crippen LogP) is 3.15. The first kappa shape index (κ1) is 13.8. The maximum absolute atomic E-state index is 11.8. The van der Waals surface area contributed by atoms with E-state index in [1.54, 1.807) is 18.2 Å². The van der Waals surface area contributed by atoms with Crippen molar-refractivity contribution in [1.29, 1.82) is 5.26 Å². The molecule has 0 saturated carbocycles. The first-order valence-corrected chi connectivity index (χ1v) is 6.39. The molecule has 0 spiro atoms. The van der Waals surface area contributed by atoms with Crippen LogP contribution in [0.25, 0.3) is 0 Å². The highest BCUT2D eigenvalue weighted by molar-refractivity contribution is 5.73. The third-order valence-corrected chi connectivity index (χ3v) is 3.12. The highest BCUT2D eigenvalue weighted by Crippen LogP contribution is 2.11. The van der Waals surface area contributed by atoms with Gasteiger partial charge in [0.05, 0.1) is 18.1 Å². The van der Waals surface area contributed by atoms with E-state index in [2.05, 4.69) is 6.07 Å². The van der Waals surface area contributed by atoms with Crippen molar-refractivity contribution in [1.82, 2.24) is 0 Å². The summed E-state index contributed by atoms with van der Waals surface area (Å²) in [7, 11) is 0. The first-order chi connectivity index (χ1) is 9.70. The molecule has 2 aromatic carbocycles. The summed E-state index contributed by atoms with van der Waals surface area (Å²) in [5.41, 5.74) is 3.30. The summed E-state index contributed by atoms with van der Waals surface area (Å²) in [6.45, 7) is 2.10. The normalized spacial score (nSPS) is 9.80. The number of rotatable bonds is 4. The van der Waals surface area contributed by atoms with E-state index in [9.17, 15) is 4.79 Å². The summed E-state index contributed by atoms with van der Waals surface area (Å²) in [6.07, 6.45) is 0.251. The Bertz CT molecular complexity index is 656. The Morgan fingerprint density at radius 2 is 1.75 bits per heavy atom. The molecule has 0 radical (unpaired) electrons. The molecular weight excluding hydrogens is 250 g/mol. The lowest BCUT2D eigenvalue weighted by molar-refractivity contribution is -0.144. The predicted molar refractivity (Wildman–Crippen MR) is 75.8 cm³/mol. The molecule has 3 heteroatoms. The summed E-state index contributed by atoms with van der Waals surface area (Å²) < 4.78 is 5.24. The fraction of sp³-hybridized carbons (Fsp3) is 0.176. The zero-order chi connectivity index (χ0) is 14.4. The van der Waals surface area contributed by atoms with Gasteiger partial charge in [-0.1, -0.05) is 42.5 Å². The zero-order valence-corrected chi connectivity index (χ0v) is 11.3. The standard InChI is InChI=1S/C17H15NO2/c1-13-6-2-3-7-14(13)10-17(19)20-12-16-9-5-4-8-15(16)11-18/h2-9H,10,12H2,1H3. The van der Waals surface area contributed by atoms with Crippen LogP contribution in [0.4, 0.5) is 0 Å². The van der Waals surface area contributed by atoms with Gasteiger partial charge in [-0.05, 0) is 24.1 Å². The zero-order valence-electron chi connectivity index (χ0n) is 11.3. The Morgan fingerprint density at radius 1 is 1.10 bits per heavy atom. The number of ether oxygens (including phenoxy) is 1. The van der Waals surface area contributed by atoms with Crippen LogP contribution >= 0.6 is 0 Å². The number of benzene rings is 2. The van der Waals surface area contributed by atoms with Crippen molar-refractivity contribution in [3.05, 3.63) is 70.8 Å². The number of carbonyl (C=O) groups is 1. The molecule has 0 aliphatic rings. The molecule has 0 amide bonds. The molecular formula is C17H15NO2. The third kappa shape index (κ3) is 3.46. The Kier molecular flexibility index (Phi) is 4.52. The van der Waals surface area contributed by atoms with Gasteiger partial charge in [-0.25, -0.2) is 0 Å². The number of hydrogen-bond donors (Lipinski definition) is 0. The van der Waals surface area contributed by atoms with Crippen LogP contribution in [-0.4, -0.2) is 5.97 Å². The molecule has 0 N–H and O–H groups in total. The molecule has 0 heterocycles. The topological polar surface area (TPSA) is 50.1 Å². The molecule has 0 atom stereocenters. The van der Waals surface area contributed by atoms with Crippen molar-refractivity contribution in [2.75, 3.05) is 0 Å². The molecule has 0 fully saturated rings. The average molecular weight is 265 g/mol. The second kappa shape index (κ2) is 6.53. The Labute approximate surface area is 118 Å². The fourth-order valence-corrected chi connectivity index (χ4v) is 1.93. The van der Waals surface area contributed by atoms with Gasteiger partial charge in [0.2, 0.25) is 0 Å². The molecule has 2 rings (SSSR count). The molecule has 0 aliphatic carbocycles. The highest BCUT2D eigenvalue weighted by Gasteiger charge is 2.08. The van der Waals surface area contributed by atoms with Gasteiger partial charge in [-0.2, -0.15) is 5.26 Å². The lowest BCUT2D eigenvalue weighted by Crippen LogP contribution is -2.09.